The van der Waals surface area contributed by atoms with Gasteiger partial charge in [0.2, 0.25) is 0 Å². The van der Waals surface area contributed by atoms with E-state index in [9.17, 15) is 0 Å². The minimum Gasteiger partial charge on any atom is -0.329 e. The first kappa shape index (κ1) is 14.5. The Labute approximate surface area is 121 Å². The van der Waals surface area contributed by atoms with E-state index in [0.717, 1.165) is 18.1 Å². The van der Waals surface area contributed by atoms with Crippen molar-refractivity contribution in [2.45, 2.75) is 33.4 Å². The van der Waals surface area contributed by atoms with Gasteiger partial charge in [-0.05, 0) is 25.1 Å². The molecule has 1 N–H and O–H groups in total. The van der Waals surface area contributed by atoms with Crippen LogP contribution >= 0.6 is 0 Å². The molecule has 0 amide bonds. The summed E-state index contributed by atoms with van der Waals surface area (Å²) < 4.78 is 0. The summed E-state index contributed by atoms with van der Waals surface area (Å²) in [5, 5.41) is 3.45. The van der Waals surface area contributed by atoms with Crippen LogP contribution in [0.5, 0.6) is 0 Å². The molecule has 3 heteroatoms. The van der Waals surface area contributed by atoms with E-state index in [4.69, 9.17) is 0 Å². The number of hydrogen-bond donors (Lipinski definition) is 1. The quantitative estimate of drug-likeness (QED) is 0.898. The van der Waals surface area contributed by atoms with Crippen molar-refractivity contribution in [3.63, 3.8) is 0 Å². The van der Waals surface area contributed by atoms with Gasteiger partial charge in [-0.25, -0.2) is 4.98 Å². The van der Waals surface area contributed by atoms with Gasteiger partial charge in [-0.3, -0.25) is 0 Å². The molecule has 0 spiro atoms. The second-order valence-corrected chi connectivity index (χ2v) is 5.42. The molecule has 0 atom stereocenters. The highest BCUT2D eigenvalue weighted by Gasteiger charge is 2.10. The number of hydrogen-bond acceptors (Lipinski definition) is 3. The number of pyridine rings is 1. The molecule has 3 nitrogen and oxygen atoms in total. The van der Waals surface area contributed by atoms with Gasteiger partial charge in [0.05, 0.1) is 0 Å². The number of rotatable bonds is 5. The fourth-order valence-electron chi connectivity index (χ4n) is 2.07. The van der Waals surface area contributed by atoms with E-state index in [1.807, 2.05) is 12.3 Å². The van der Waals surface area contributed by atoms with Crippen molar-refractivity contribution >= 4 is 11.5 Å². The first-order valence-corrected chi connectivity index (χ1v) is 7.05. The molecular weight excluding hydrogens is 246 g/mol. The Bertz CT molecular complexity index is 546. The van der Waals surface area contributed by atoms with Crippen LogP contribution in [-0.4, -0.2) is 18.1 Å². The number of aryl methyl sites for hydroxylation is 1. The molecule has 20 heavy (non-hydrogen) atoms. The molecule has 0 unspecified atom stereocenters. The standard InChI is InChI=1S/C17H23N3/c1-13(2)19-12-15-6-5-11-18-17(15)20(4)16-9-7-14(3)8-10-16/h5-11,13,19H,12H2,1-4H3. The molecule has 0 saturated heterocycles. The van der Waals surface area contributed by atoms with E-state index in [1.54, 1.807) is 0 Å². The highest BCUT2D eigenvalue weighted by Crippen LogP contribution is 2.25. The summed E-state index contributed by atoms with van der Waals surface area (Å²) in [5.74, 6) is 1.00. The lowest BCUT2D eigenvalue weighted by Gasteiger charge is -2.22. The minimum atomic E-state index is 0.465. The Morgan fingerprint density at radius 1 is 1.15 bits per heavy atom. The van der Waals surface area contributed by atoms with Crippen molar-refractivity contribution in [1.29, 1.82) is 0 Å². The number of nitrogens with zero attached hydrogens (tertiary/aromatic N) is 2. The second-order valence-electron chi connectivity index (χ2n) is 5.42. The van der Waals surface area contributed by atoms with E-state index >= 15 is 0 Å². The monoisotopic (exact) mass is 269 g/mol. The molecular formula is C17H23N3. The summed E-state index contributed by atoms with van der Waals surface area (Å²) in [6.07, 6.45) is 1.85. The average Bonchev–Trinajstić information content (AvgIpc) is 2.45. The molecule has 2 rings (SSSR count). The highest BCUT2D eigenvalue weighted by atomic mass is 15.2. The molecule has 106 valence electrons. The largest absolute Gasteiger partial charge is 0.329 e. The van der Waals surface area contributed by atoms with Crippen molar-refractivity contribution in [1.82, 2.24) is 10.3 Å². The number of aromatic nitrogens is 1. The Hall–Kier alpha value is -1.87. The van der Waals surface area contributed by atoms with Gasteiger partial charge in [0.15, 0.2) is 0 Å². The normalized spacial score (nSPS) is 10.8. The van der Waals surface area contributed by atoms with Crippen molar-refractivity contribution in [3.8, 4) is 0 Å². The van der Waals surface area contributed by atoms with Crippen LogP contribution in [-0.2, 0) is 6.54 Å². The SMILES string of the molecule is Cc1ccc(N(C)c2ncccc2CNC(C)C)cc1. The van der Waals surface area contributed by atoms with Crippen LogP contribution in [0.2, 0.25) is 0 Å². The molecule has 0 aliphatic heterocycles. The van der Waals surface area contributed by atoms with Crippen LogP contribution in [0.4, 0.5) is 11.5 Å². The second kappa shape index (κ2) is 6.53. The fourth-order valence-corrected chi connectivity index (χ4v) is 2.07. The summed E-state index contributed by atoms with van der Waals surface area (Å²) in [6, 6.07) is 13.1. The molecule has 0 saturated carbocycles. The highest BCUT2D eigenvalue weighted by molar-refractivity contribution is 5.62. The Kier molecular flexibility index (Phi) is 4.74. The maximum atomic E-state index is 4.54. The zero-order chi connectivity index (χ0) is 14.5. The van der Waals surface area contributed by atoms with Gasteiger partial charge >= 0.3 is 0 Å². The van der Waals surface area contributed by atoms with E-state index < -0.39 is 0 Å². The van der Waals surface area contributed by atoms with E-state index in [-0.39, 0.29) is 0 Å². The lowest BCUT2D eigenvalue weighted by atomic mass is 10.2. The molecule has 0 radical (unpaired) electrons. The van der Waals surface area contributed by atoms with Crippen LogP contribution in [0, 0.1) is 6.92 Å². The molecule has 0 bridgehead atoms. The van der Waals surface area contributed by atoms with Crippen LogP contribution < -0.4 is 10.2 Å². The molecule has 0 aliphatic carbocycles. The van der Waals surface area contributed by atoms with E-state index in [0.29, 0.717) is 6.04 Å². The summed E-state index contributed by atoms with van der Waals surface area (Å²) in [5.41, 5.74) is 3.63. The lowest BCUT2D eigenvalue weighted by Crippen LogP contribution is -2.23. The number of nitrogens with one attached hydrogen (secondary N) is 1. The van der Waals surface area contributed by atoms with Gasteiger partial charge in [0, 0.05) is 37.1 Å². The molecule has 0 fully saturated rings. The maximum Gasteiger partial charge on any atom is 0.137 e. The molecule has 1 heterocycles. The van der Waals surface area contributed by atoms with E-state index in [2.05, 4.69) is 73.4 Å². The smallest absolute Gasteiger partial charge is 0.137 e. The van der Waals surface area contributed by atoms with Gasteiger partial charge in [0.25, 0.3) is 0 Å². The Morgan fingerprint density at radius 3 is 2.50 bits per heavy atom. The lowest BCUT2D eigenvalue weighted by molar-refractivity contribution is 0.588. The summed E-state index contributed by atoms with van der Waals surface area (Å²) in [6.45, 7) is 7.24. The van der Waals surface area contributed by atoms with Crippen LogP contribution in [0.1, 0.15) is 25.0 Å². The number of benzene rings is 1. The topological polar surface area (TPSA) is 28.2 Å². The fraction of sp³-hybridized carbons (Fsp3) is 0.353. The minimum absolute atomic E-state index is 0.465. The van der Waals surface area contributed by atoms with Crippen LogP contribution in [0.15, 0.2) is 42.6 Å². The zero-order valence-electron chi connectivity index (χ0n) is 12.7. The van der Waals surface area contributed by atoms with Gasteiger partial charge in [-0.15, -0.1) is 0 Å². The third-order valence-corrected chi connectivity index (χ3v) is 3.31. The number of anilines is 2. The summed E-state index contributed by atoms with van der Waals surface area (Å²) in [7, 11) is 2.06. The summed E-state index contributed by atoms with van der Waals surface area (Å²) >= 11 is 0. The van der Waals surface area contributed by atoms with Crippen LogP contribution in [0.3, 0.4) is 0 Å². The Balaban J connectivity index is 2.24. The molecule has 1 aromatic carbocycles. The van der Waals surface area contributed by atoms with Crippen molar-refractivity contribution in [3.05, 3.63) is 53.7 Å². The van der Waals surface area contributed by atoms with Crippen LogP contribution in [0.25, 0.3) is 0 Å². The van der Waals surface area contributed by atoms with Gasteiger partial charge < -0.3 is 10.2 Å². The summed E-state index contributed by atoms with van der Waals surface area (Å²) in [4.78, 5) is 6.68. The molecule has 0 aliphatic rings. The third kappa shape index (κ3) is 3.58. The van der Waals surface area contributed by atoms with E-state index in [1.165, 1.54) is 11.1 Å². The van der Waals surface area contributed by atoms with Gasteiger partial charge in [-0.1, -0.05) is 37.6 Å². The first-order chi connectivity index (χ1) is 9.58. The van der Waals surface area contributed by atoms with Crippen molar-refractivity contribution < 1.29 is 0 Å². The predicted octanol–water partition coefficient (Wildman–Crippen LogP) is 3.66. The average molecular weight is 269 g/mol. The Morgan fingerprint density at radius 2 is 1.85 bits per heavy atom. The zero-order valence-corrected chi connectivity index (χ0v) is 12.7. The molecule has 1 aromatic heterocycles. The first-order valence-electron chi connectivity index (χ1n) is 7.05. The predicted molar refractivity (Wildman–Crippen MR) is 85.5 cm³/mol. The van der Waals surface area contributed by atoms with Crippen molar-refractivity contribution in [2.75, 3.05) is 11.9 Å². The van der Waals surface area contributed by atoms with Gasteiger partial charge in [-0.2, -0.15) is 0 Å². The van der Waals surface area contributed by atoms with Gasteiger partial charge in [0.1, 0.15) is 5.82 Å². The third-order valence-electron chi connectivity index (χ3n) is 3.31. The maximum absolute atomic E-state index is 4.54. The molecule has 2 aromatic rings. The van der Waals surface area contributed by atoms with Crippen molar-refractivity contribution in [2.24, 2.45) is 0 Å².